The van der Waals surface area contributed by atoms with Gasteiger partial charge in [-0.05, 0) is 38.8 Å². The molecule has 5 heteroatoms. The Balaban J connectivity index is 1.60. The fourth-order valence-corrected chi connectivity index (χ4v) is 3.17. The van der Waals surface area contributed by atoms with Crippen LogP contribution in [0.25, 0.3) is 11.0 Å². The molecular weight excluding hydrogens is 278 g/mol. The Kier molecular flexibility index (Phi) is 4.43. The number of hydrogen-bond acceptors (Lipinski definition) is 3. The van der Waals surface area contributed by atoms with E-state index in [4.69, 9.17) is 4.74 Å². The van der Waals surface area contributed by atoms with Crippen LogP contribution in [0.3, 0.4) is 0 Å². The molecule has 118 valence electrons. The Morgan fingerprint density at radius 3 is 3.09 bits per heavy atom. The van der Waals surface area contributed by atoms with Crippen LogP contribution < -0.4 is 5.32 Å². The number of carbonyl (C=O) groups excluding carboxylic acids is 1. The molecule has 22 heavy (non-hydrogen) atoms. The van der Waals surface area contributed by atoms with Crippen molar-refractivity contribution in [3.05, 3.63) is 30.1 Å². The molecule has 0 saturated carbocycles. The van der Waals surface area contributed by atoms with E-state index in [-0.39, 0.29) is 17.9 Å². The highest BCUT2D eigenvalue weighted by atomic mass is 16.5. The minimum atomic E-state index is -0.0191. The number of carbonyl (C=O) groups is 1. The maximum absolute atomic E-state index is 12.3. The molecule has 2 heterocycles. The van der Waals surface area contributed by atoms with Crippen LogP contribution in [-0.4, -0.2) is 34.7 Å². The number of imidazole rings is 1. The molecule has 0 aliphatic carbocycles. The first-order valence-electron chi connectivity index (χ1n) is 7.98. The molecule has 0 bridgehead atoms. The first kappa shape index (κ1) is 15.0. The summed E-state index contributed by atoms with van der Waals surface area (Å²) < 4.78 is 7.71. The van der Waals surface area contributed by atoms with Crippen molar-refractivity contribution >= 4 is 16.9 Å². The van der Waals surface area contributed by atoms with Crippen LogP contribution >= 0.6 is 0 Å². The van der Waals surface area contributed by atoms with Crippen molar-refractivity contribution in [2.24, 2.45) is 5.92 Å². The van der Waals surface area contributed by atoms with Gasteiger partial charge in [0.2, 0.25) is 5.91 Å². The second kappa shape index (κ2) is 6.48. The van der Waals surface area contributed by atoms with Gasteiger partial charge in [0.1, 0.15) is 5.82 Å². The highest BCUT2D eigenvalue weighted by molar-refractivity contribution is 5.79. The van der Waals surface area contributed by atoms with Gasteiger partial charge in [-0.15, -0.1) is 0 Å². The summed E-state index contributed by atoms with van der Waals surface area (Å²) in [6, 6.07) is 8.08. The number of hydrogen-bond donors (Lipinski definition) is 1. The number of fused-ring (bicyclic) bond motifs is 1. The summed E-state index contributed by atoms with van der Waals surface area (Å²) in [5, 5.41) is 3.05. The minimum absolute atomic E-state index is 0.0181. The van der Waals surface area contributed by atoms with Crippen molar-refractivity contribution in [1.29, 1.82) is 0 Å². The molecule has 0 unspecified atom stereocenters. The average Bonchev–Trinajstić information content (AvgIpc) is 2.83. The van der Waals surface area contributed by atoms with Crippen LogP contribution in [0.15, 0.2) is 24.3 Å². The number of aromatic nitrogens is 2. The van der Waals surface area contributed by atoms with Crippen molar-refractivity contribution in [2.45, 2.75) is 39.3 Å². The lowest BCUT2D eigenvalue weighted by Crippen LogP contribution is -2.41. The summed E-state index contributed by atoms with van der Waals surface area (Å²) in [4.78, 5) is 16.8. The Morgan fingerprint density at radius 2 is 2.27 bits per heavy atom. The highest BCUT2D eigenvalue weighted by Crippen LogP contribution is 2.20. The number of ether oxygens (including phenoxy) is 1. The van der Waals surface area contributed by atoms with Gasteiger partial charge in [0.05, 0.1) is 23.1 Å². The van der Waals surface area contributed by atoms with Gasteiger partial charge in [0.15, 0.2) is 0 Å². The van der Waals surface area contributed by atoms with E-state index >= 15 is 0 Å². The predicted molar refractivity (Wildman–Crippen MR) is 85.6 cm³/mol. The van der Waals surface area contributed by atoms with Crippen molar-refractivity contribution in [3.63, 3.8) is 0 Å². The first-order chi connectivity index (χ1) is 10.7. The normalized spacial score (nSPS) is 21.9. The summed E-state index contributed by atoms with van der Waals surface area (Å²) >= 11 is 0. The van der Waals surface area contributed by atoms with E-state index in [1.165, 1.54) is 0 Å². The van der Waals surface area contributed by atoms with E-state index < -0.39 is 0 Å². The van der Waals surface area contributed by atoms with E-state index in [2.05, 4.69) is 20.9 Å². The molecule has 1 aromatic heterocycles. The van der Waals surface area contributed by atoms with Crippen LogP contribution in [0.1, 0.15) is 25.6 Å². The van der Waals surface area contributed by atoms with E-state index in [1.807, 2.05) is 32.0 Å². The number of rotatable bonds is 4. The molecule has 0 radical (unpaired) electrons. The van der Waals surface area contributed by atoms with Crippen LogP contribution in [0.4, 0.5) is 0 Å². The van der Waals surface area contributed by atoms with Gasteiger partial charge in [-0.2, -0.15) is 0 Å². The lowest BCUT2D eigenvalue weighted by molar-refractivity contribution is -0.133. The summed E-state index contributed by atoms with van der Waals surface area (Å²) in [6.07, 6.45) is 1.90. The fraction of sp³-hybridized carbons (Fsp3) is 0.529. The minimum Gasteiger partial charge on any atom is -0.378 e. The summed E-state index contributed by atoms with van der Waals surface area (Å²) in [7, 11) is 0. The molecular formula is C17H23N3O2. The summed E-state index contributed by atoms with van der Waals surface area (Å²) in [6.45, 7) is 6.10. The van der Waals surface area contributed by atoms with Gasteiger partial charge in [-0.3, -0.25) is 4.79 Å². The maximum atomic E-state index is 12.3. The van der Waals surface area contributed by atoms with Crippen molar-refractivity contribution < 1.29 is 9.53 Å². The van der Waals surface area contributed by atoms with Gasteiger partial charge in [-0.1, -0.05) is 12.1 Å². The van der Waals surface area contributed by atoms with Gasteiger partial charge < -0.3 is 14.6 Å². The summed E-state index contributed by atoms with van der Waals surface area (Å²) in [5.74, 6) is 1.06. The van der Waals surface area contributed by atoms with E-state index in [0.717, 1.165) is 42.9 Å². The van der Waals surface area contributed by atoms with Gasteiger partial charge in [-0.25, -0.2) is 4.98 Å². The SMILES string of the molecule is Cc1nc2ccccc2n1CCNC(=O)[C@@H]1CCCO[C@@H]1C. The smallest absolute Gasteiger partial charge is 0.225 e. The van der Waals surface area contributed by atoms with Crippen LogP contribution in [0.5, 0.6) is 0 Å². The van der Waals surface area contributed by atoms with Crippen LogP contribution in [0, 0.1) is 12.8 Å². The molecule has 1 fully saturated rings. The monoisotopic (exact) mass is 301 g/mol. The third-order valence-electron chi connectivity index (χ3n) is 4.42. The number of para-hydroxylation sites is 2. The van der Waals surface area contributed by atoms with Crippen LogP contribution in [-0.2, 0) is 16.1 Å². The average molecular weight is 301 g/mol. The van der Waals surface area contributed by atoms with E-state index in [9.17, 15) is 4.79 Å². The lowest BCUT2D eigenvalue weighted by atomic mass is 9.94. The molecule has 5 nitrogen and oxygen atoms in total. The molecule has 1 saturated heterocycles. The van der Waals surface area contributed by atoms with Gasteiger partial charge in [0.25, 0.3) is 0 Å². The zero-order valence-corrected chi connectivity index (χ0v) is 13.2. The van der Waals surface area contributed by atoms with Crippen molar-refractivity contribution in [3.8, 4) is 0 Å². The Morgan fingerprint density at radius 1 is 1.45 bits per heavy atom. The second-order valence-corrected chi connectivity index (χ2v) is 5.92. The molecule has 1 aromatic carbocycles. The molecule has 2 atom stereocenters. The first-order valence-corrected chi connectivity index (χ1v) is 7.98. The molecule has 3 rings (SSSR count). The lowest BCUT2D eigenvalue weighted by Gasteiger charge is -2.28. The van der Waals surface area contributed by atoms with E-state index in [1.54, 1.807) is 0 Å². The number of benzene rings is 1. The molecule has 1 N–H and O–H groups in total. The van der Waals surface area contributed by atoms with E-state index in [0.29, 0.717) is 6.54 Å². The number of nitrogens with one attached hydrogen (secondary N) is 1. The zero-order chi connectivity index (χ0) is 15.5. The second-order valence-electron chi connectivity index (χ2n) is 5.92. The van der Waals surface area contributed by atoms with Crippen molar-refractivity contribution in [1.82, 2.24) is 14.9 Å². The van der Waals surface area contributed by atoms with Gasteiger partial charge >= 0.3 is 0 Å². The maximum Gasteiger partial charge on any atom is 0.225 e. The number of aryl methyl sites for hydroxylation is 1. The Bertz CT molecular complexity index is 665. The highest BCUT2D eigenvalue weighted by Gasteiger charge is 2.28. The van der Waals surface area contributed by atoms with Crippen LogP contribution in [0.2, 0.25) is 0 Å². The van der Waals surface area contributed by atoms with Gasteiger partial charge in [0, 0.05) is 19.7 Å². The Labute approximate surface area is 130 Å². The summed E-state index contributed by atoms with van der Waals surface area (Å²) in [5.41, 5.74) is 2.12. The topological polar surface area (TPSA) is 56.2 Å². The molecule has 0 spiro atoms. The molecule has 2 aromatic rings. The standard InChI is InChI=1S/C17H23N3O2/c1-12-14(6-5-11-22-12)17(21)18-9-10-20-13(2)19-15-7-3-4-8-16(15)20/h3-4,7-8,12,14H,5-6,9-11H2,1-2H3,(H,18,21)/t12-,14-/m1/s1. The fourth-order valence-electron chi connectivity index (χ4n) is 3.17. The Hall–Kier alpha value is -1.88. The zero-order valence-electron chi connectivity index (χ0n) is 13.2. The third kappa shape index (κ3) is 2.99. The van der Waals surface area contributed by atoms with Crippen molar-refractivity contribution in [2.75, 3.05) is 13.2 Å². The predicted octanol–water partition coefficient (Wildman–Crippen LogP) is 2.28. The quantitative estimate of drug-likeness (QED) is 0.942. The molecule has 1 amide bonds. The molecule has 1 aliphatic heterocycles. The largest absolute Gasteiger partial charge is 0.378 e. The number of nitrogens with zero attached hydrogens (tertiary/aromatic N) is 2. The number of amides is 1. The molecule has 1 aliphatic rings. The third-order valence-corrected chi connectivity index (χ3v) is 4.42.